The molecule has 0 N–H and O–H groups in total. The van der Waals surface area contributed by atoms with Crippen molar-refractivity contribution in [2.24, 2.45) is 0 Å². The van der Waals surface area contributed by atoms with Gasteiger partial charge < -0.3 is 19.8 Å². The Bertz CT molecular complexity index is 508. The van der Waals surface area contributed by atoms with E-state index in [0.29, 0.717) is 6.42 Å². The van der Waals surface area contributed by atoms with E-state index in [-0.39, 0.29) is 60.4 Å². The maximum Gasteiger partial charge on any atom is 1.00 e. The van der Waals surface area contributed by atoms with Gasteiger partial charge in [0.1, 0.15) is 0 Å². The SMILES string of the molecule is CCCCCCCCCCCCC(C(=O)[O-])(C(=O)[O-])c1ccccc1.[Li+].[Na+]. The van der Waals surface area contributed by atoms with Gasteiger partial charge >= 0.3 is 48.4 Å². The number of unbranched alkanes of at least 4 members (excludes halogenated alkanes) is 9. The fourth-order valence-corrected chi connectivity index (χ4v) is 3.27. The maximum absolute atomic E-state index is 11.6. The van der Waals surface area contributed by atoms with Crippen molar-refractivity contribution in [1.29, 1.82) is 0 Å². The molecule has 1 aromatic carbocycles. The van der Waals surface area contributed by atoms with Crippen LogP contribution in [-0.2, 0) is 15.0 Å². The molecular formula is C21H30LiNaO4. The van der Waals surface area contributed by atoms with Crippen molar-refractivity contribution >= 4 is 11.9 Å². The first-order chi connectivity index (χ1) is 12.1. The first-order valence-corrected chi connectivity index (χ1v) is 9.54. The second-order valence-electron chi connectivity index (χ2n) is 6.78. The van der Waals surface area contributed by atoms with Crippen molar-refractivity contribution < 1.29 is 68.2 Å². The normalized spacial score (nSPS) is 10.6. The first kappa shape index (κ1) is 29.0. The number of carboxylic acids is 2. The average Bonchev–Trinajstić information content (AvgIpc) is 2.60. The Morgan fingerprint density at radius 1 is 0.778 bits per heavy atom. The third-order valence-electron chi connectivity index (χ3n) is 4.87. The van der Waals surface area contributed by atoms with Crippen LogP contribution in [0.15, 0.2) is 30.3 Å². The van der Waals surface area contributed by atoms with E-state index in [2.05, 4.69) is 6.92 Å². The van der Waals surface area contributed by atoms with Gasteiger partial charge in [0, 0.05) is 0 Å². The molecule has 1 rings (SSSR count). The van der Waals surface area contributed by atoms with Crippen molar-refractivity contribution in [1.82, 2.24) is 0 Å². The van der Waals surface area contributed by atoms with Gasteiger partial charge in [-0.1, -0.05) is 101 Å². The molecule has 1 aromatic rings. The minimum absolute atomic E-state index is 0. The van der Waals surface area contributed by atoms with Crippen molar-refractivity contribution in [3.63, 3.8) is 0 Å². The molecule has 0 saturated carbocycles. The van der Waals surface area contributed by atoms with Gasteiger partial charge in [0.15, 0.2) is 0 Å². The van der Waals surface area contributed by atoms with Crippen molar-refractivity contribution in [2.45, 2.75) is 83.0 Å². The molecule has 0 atom stereocenters. The van der Waals surface area contributed by atoms with Crippen molar-refractivity contribution in [3.8, 4) is 0 Å². The van der Waals surface area contributed by atoms with Gasteiger partial charge in [-0.05, 0) is 12.0 Å². The van der Waals surface area contributed by atoms with Gasteiger partial charge in [-0.3, -0.25) is 0 Å². The van der Waals surface area contributed by atoms with Crippen LogP contribution < -0.4 is 58.6 Å². The summed E-state index contributed by atoms with van der Waals surface area (Å²) in [5, 5.41) is 23.2. The van der Waals surface area contributed by atoms with Crippen LogP contribution in [0, 0.1) is 0 Å². The van der Waals surface area contributed by atoms with Gasteiger partial charge in [0.05, 0.1) is 17.4 Å². The van der Waals surface area contributed by atoms with Gasteiger partial charge in [-0.25, -0.2) is 0 Å². The second kappa shape index (κ2) is 16.7. The topological polar surface area (TPSA) is 80.3 Å². The summed E-state index contributed by atoms with van der Waals surface area (Å²) in [6.07, 6.45) is 11.0. The smallest absolute Gasteiger partial charge is 0.549 e. The quantitative estimate of drug-likeness (QED) is 0.194. The molecule has 0 aromatic heterocycles. The zero-order chi connectivity index (χ0) is 18.5. The molecule has 0 aliphatic heterocycles. The van der Waals surface area contributed by atoms with E-state index in [0.717, 1.165) is 19.3 Å². The average molecular weight is 376 g/mol. The first-order valence-electron chi connectivity index (χ1n) is 9.54. The Kier molecular flexibility index (Phi) is 17.9. The summed E-state index contributed by atoms with van der Waals surface area (Å²) in [4.78, 5) is 23.2. The second-order valence-corrected chi connectivity index (χ2v) is 6.78. The molecule has 140 valence electrons. The number of benzene rings is 1. The molecule has 0 amide bonds. The molecule has 0 heterocycles. The summed E-state index contributed by atoms with van der Waals surface area (Å²) >= 11 is 0. The molecule has 0 unspecified atom stereocenters. The van der Waals surface area contributed by atoms with Crippen molar-refractivity contribution in [2.75, 3.05) is 0 Å². The number of hydrogen-bond acceptors (Lipinski definition) is 4. The van der Waals surface area contributed by atoms with E-state index in [1.807, 2.05) is 0 Å². The van der Waals surface area contributed by atoms with Crippen LogP contribution >= 0.6 is 0 Å². The fourth-order valence-electron chi connectivity index (χ4n) is 3.27. The zero-order valence-corrected chi connectivity index (χ0v) is 19.3. The molecule has 0 bridgehead atoms. The van der Waals surface area contributed by atoms with Gasteiger partial charge in [0.2, 0.25) is 0 Å². The molecule has 27 heavy (non-hydrogen) atoms. The Morgan fingerprint density at radius 3 is 1.59 bits per heavy atom. The molecule has 0 aliphatic rings. The predicted octanol–water partition coefficient (Wildman–Crippen LogP) is -3.26. The minimum Gasteiger partial charge on any atom is -0.549 e. The Balaban J connectivity index is 0. The van der Waals surface area contributed by atoms with Gasteiger partial charge in [-0.15, -0.1) is 0 Å². The van der Waals surface area contributed by atoms with Crippen LogP contribution in [0.25, 0.3) is 0 Å². The third-order valence-corrected chi connectivity index (χ3v) is 4.87. The molecule has 6 heteroatoms. The number of carbonyl (C=O) groups is 2. The van der Waals surface area contributed by atoms with Crippen LogP contribution in [-0.4, -0.2) is 11.9 Å². The van der Waals surface area contributed by atoms with Crippen molar-refractivity contribution in [3.05, 3.63) is 35.9 Å². The summed E-state index contributed by atoms with van der Waals surface area (Å²) in [5.74, 6) is -3.18. The summed E-state index contributed by atoms with van der Waals surface area (Å²) in [6.45, 7) is 2.20. The Hall–Kier alpha value is -0.243. The molecular weight excluding hydrogens is 346 g/mol. The van der Waals surface area contributed by atoms with Gasteiger partial charge in [0.25, 0.3) is 0 Å². The molecule has 0 fully saturated rings. The summed E-state index contributed by atoms with van der Waals surface area (Å²) < 4.78 is 0. The number of hydrogen-bond donors (Lipinski definition) is 0. The van der Waals surface area contributed by atoms with E-state index in [1.54, 1.807) is 18.2 Å². The van der Waals surface area contributed by atoms with Crippen LogP contribution in [0.5, 0.6) is 0 Å². The van der Waals surface area contributed by atoms with E-state index in [9.17, 15) is 19.8 Å². The standard InChI is InChI=1S/C21H32O4.Li.Na/c1-2-3-4-5-6-7-8-9-10-14-17-21(19(22)23,20(24)25)18-15-12-11-13-16-18;;/h11-13,15-16H,2-10,14,17H2,1H3,(H,22,23)(H,24,25);;/q;2*+1/p-2. The van der Waals surface area contributed by atoms with Crippen LogP contribution in [0.2, 0.25) is 0 Å². The minimum atomic E-state index is -2.05. The van der Waals surface area contributed by atoms with Crippen LogP contribution in [0.3, 0.4) is 0 Å². The summed E-state index contributed by atoms with van der Waals surface area (Å²) in [7, 11) is 0. The van der Waals surface area contributed by atoms with E-state index < -0.39 is 17.4 Å². The molecule has 0 aliphatic carbocycles. The number of rotatable bonds is 14. The summed E-state index contributed by atoms with van der Waals surface area (Å²) in [6, 6.07) is 8.02. The van der Waals surface area contributed by atoms with Crippen LogP contribution in [0.4, 0.5) is 0 Å². The molecule has 4 nitrogen and oxygen atoms in total. The third kappa shape index (κ3) is 9.68. The molecule has 0 spiro atoms. The monoisotopic (exact) mass is 376 g/mol. The van der Waals surface area contributed by atoms with Crippen LogP contribution in [0.1, 0.15) is 83.1 Å². The number of aliphatic carboxylic acids is 2. The number of carboxylic acid groups (broad SMARTS) is 2. The summed E-state index contributed by atoms with van der Waals surface area (Å²) in [5.41, 5.74) is -1.83. The number of carbonyl (C=O) groups excluding carboxylic acids is 2. The molecule has 0 saturated heterocycles. The molecule has 0 radical (unpaired) electrons. The largest absolute Gasteiger partial charge is 1.00 e. The fraction of sp³-hybridized carbons (Fsp3) is 0.619. The predicted molar refractivity (Wildman–Crippen MR) is 94.6 cm³/mol. The maximum atomic E-state index is 11.6. The Labute approximate surface area is 198 Å². The zero-order valence-electron chi connectivity index (χ0n) is 17.3. The Morgan fingerprint density at radius 2 is 1.19 bits per heavy atom. The van der Waals surface area contributed by atoms with Gasteiger partial charge in [-0.2, -0.15) is 0 Å². The van der Waals surface area contributed by atoms with E-state index in [4.69, 9.17) is 0 Å². The van der Waals surface area contributed by atoms with E-state index in [1.165, 1.54) is 50.7 Å². The van der Waals surface area contributed by atoms with E-state index >= 15 is 0 Å².